The molecule has 0 unspecified atom stereocenters. The Kier molecular flexibility index (Phi) is 4.74. The van der Waals surface area contributed by atoms with E-state index in [2.05, 4.69) is 0 Å². The Morgan fingerprint density at radius 2 is 2.11 bits per heavy atom. The molecule has 0 aliphatic rings. The Morgan fingerprint density at radius 3 is 2.67 bits per heavy atom. The molecule has 0 bridgehead atoms. The molecule has 0 atom stereocenters. The second-order valence-electron chi connectivity index (χ2n) is 4.66. The van der Waals surface area contributed by atoms with Crippen LogP contribution in [-0.4, -0.2) is 17.3 Å². The summed E-state index contributed by atoms with van der Waals surface area (Å²) in [5.41, 5.74) is -0.293. The van der Waals surface area contributed by atoms with Crippen LogP contribution in [0.15, 0.2) is 23.1 Å². The number of carbonyl (C=O) groups is 1. The largest absolute Gasteiger partial charge is 0.459 e. The number of thioether (sulfide) groups is 1. The van der Waals surface area contributed by atoms with E-state index in [-0.39, 0.29) is 17.3 Å². The van der Waals surface area contributed by atoms with Gasteiger partial charge in [0.15, 0.2) is 0 Å². The maximum atomic E-state index is 13.1. The molecular formula is C13H14FNO2S. The van der Waals surface area contributed by atoms with Crippen molar-refractivity contribution in [3.63, 3.8) is 0 Å². The third-order valence-electron chi connectivity index (χ3n) is 1.78. The molecule has 0 radical (unpaired) electrons. The van der Waals surface area contributed by atoms with Gasteiger partial charge in [-0.3, -0.25) is 4.79 Å². The fourth-order valence-electron chi connectivity index (χ4n) is 1.22. The lowest BCUT2D eigenvalue weighted by molar-refractivity contribution is -0.151. The second-order valence-corrected chi connectivity index (χ2v) is 5.71. The molecule has 0 saturated carbocycles. The molecule has 0 heterocycles. The van der Waals surface area contributed by atoms with Crippen molar-refractivity contribution in [2.75, 3.05) is 5.75 Å². The van der Waals surface area contributed by atoms with E-state index >= 15 is 0 Å². The van der Waals surface area contributed by atoms with Gasteiger partial charge >= 0.3 is 5.97 Å². The number of nitriles is 1. The number of benzene rings is 1. The molecule has 5 heteroatoms. The van der Waals surface area contributed by atoms with E-state index in [0.29, 0.717) is 4.90 Å². The standard InChI is InChI=1S/C13H14FNO2S/c1-13(2,3)17-12(16)8-18-11-5-9(7-15)4-10(14)6-11/h4-6H,8H2,1-3H3. The molecule has 1 aromatic rings. The van der Waals surface area contributed by atoms with Gasteiger partial charge in [-0.25, -0.2) is 4.39 Å². The predicted octanol–water partition coefficient (Wildman–Crippen LogP) is 3.13. The summed E-state index contributed by atoms with van der Waals surface area (Å²) >= 11 is 1.15. The van der Waals surface area contributed by atoms with Gasteiger partial charge in [-0.05, 0) is 39.0 Å². The molecule has 0 aliphatic heterocycles. The predicted molar refractivity (Wildman–Crippen MR) is 67.7 cm³/mol. The van der Waals surface area contributed by atoms with Gasteiger partial charge in [-0.15, -0.1) is 11.8 Å². The highest BCUT2D eigenvalue weighted by Crippen LogP contribution is 2.21. The number of carbonyl (C=O) groups excluding carboxylic acids is 1. The van der Waals surface area contributed by atoms with Crippen LogP contribution in [0.1, 0.15) is 26.3 Å². The van der Waals surface area contributed by atoms with Crippen molar-refractivity contribution in [1.29, 1.82) is 5.26 Å². The summed E-state index contributed by atoms with van der Waals surface area (Å²) in [4.78, 5) is 12.0. The van der Waals surface area contributed by atoms with Crippen molar-refractivity contribution in [2.24, 2.45) is 0 Å². The topological polar surface area (TPSA) is 50.1 Å². The van der Waals surface area contributed by atoms with Crippen LogP contribution in [0, 0.1) is 17.1 Å². The summed E-state index contributed by atoms with van der Waals surface area (Å²) in [6.07, 6.45) is 0. The fraction of sp³-hybridized carbons (Fsp3) is 0.385. The van der Waals surface area contributed by atoms with Crippen LogP contribution in [0.2, 0.25) is 0 Å². The molecule has 18 heavy (non-hydrogen) atoms. The molecule has 0 amide bonds. The number of hydrogen-bond donors (Lipinski definition) is 0. The van der Waals surface area contributed by atoms with Crippen LogP contribution in [-0.2, 0) is 9.53 Å². The highest BCUT2D eigenvalue weighted by Gasteiger charge is 2.16. The summed E-state index contributed by atoms with van der Waals surface area (Å²) in [5.74, 6) is -0.762. The van der Waals surface area contributed by atoms with E-state index in [1.807, 2.05) is 6.07 Å². The molecule has 3 nitrogen and oxygen atoms in total. The fourth-order valence-corrected chi connectivity index (χ4v) is 1.97. The van der Waals surface area contributed by atoms with Crippen molar-refractivity contribution in [3.8, 4) is 6.07 Å². The van der Waals surface area contributed by atoms with Crippen molar-refractivity contribution >= 4 is 17.7 Å². The Balaban J connectivity index is 2.62. The van der Waals surface area contributed by atoms with E-state index in [4.69, 9.17) is 10.00 Å². The van der Waals surface area contributed by atoms with E-state index in [1.165, 1.54) is 12.1 Å². The second kappa shape index (κ2) is 5.87. The average Bonchev–Trinajstić information content (AvgIpc) is 2.23. The summed E-state index contributed by atoms with van der Waals surface area (Å²) in [6, 6.07) is 5.84. The number of rotatable bonds is 3. The third kappa shape index (κ3) is 5.19. The maximum absolute atomic E-state index is 13.1. The zero-order valence-corrected chi connectivity index (χ0v) is 11.3. The van der Waals surface area contributed by atoms with Crippen LogP contribution in [0.25, 0.3) is 0 Å². The Hall–Kier alpha value is -1.54. The Morgan fingerprint density at radius 1 is 1.44 bits per heavy atom. The third-order valence-corrected chi connectivity index (χ3v) is 2.73. The van der Waals surface area contributed by atoms with E-state index in [1.54, 1.807) is 20.8 Å². The molecular weight excluding hydrogens is 253 g/mol. The highest BCUT2D eigenvalue weighted by atomic mass is 32.2. The summed E-state index contributed by atoms with van der Waals surface area (Å²) in [7, 11) is 0. The summed E-state index contributed by atoms with van der Waals surface area (Å²) in [5, 5.41) is 8.70. The zero-order chi connectivity index (χ0) is 13.8. The molecule has 0 saturated heterocycles. The quantitative estimate of drug-likeness (QED) is 0.623. The lowest BCUT2D eigenvalue weighted by Crippen LogP contribution is -2.24. The van der Waals surface area contributed by atoms with Crippen LogP contribution in [0.5, 0.6) is 0 Å². The first kappa shape index (κ1) is 14.5. The van der Waals surface area contributed by atoms with Crippen LogP contribution >= 0.6 is 11.8 Å². The Labute approximate surface area is 110 Å². The van der Waals surface area contributed by atoms with Crippen molar-refractivity contribution in [1.82, 2.24) is 0 Å². The highest BCUT2D eigenvalue weighted by molar-refractivity contribution is 8.00. The summed E-state index contributed by atoms with van der Waals surface area (Å²) in [6.45, 7) is 5.35. The number of hydrogen-bond acceptors (Lipinski definition) is 4. The van der Waals surface area contributed by atoms with Gasteiger partial charge in [0.05, 0.1) is 17.4 Å². The van der Waals surface area contributed by atoms with Gasteiger partial charge in [0.25, 0.3) is 0 Å². The lowest BCUT2D eigenvalue weighted by Gasteiger charge is -2.19. The first-order chi connectivity index (χ1) is 8.30. The normalized spacial score (nSPS) is 10.8. The minimum atomic E-state index is -0.530. The molecule has 0 fully saturated rings. The molecule has 96 valence electrons. The summed E-state index contributed by atoms with van der Waals surface area (Å²) < 4.78 is 18.3. The zero-order valence-electron chi connectivity index (χ0n) is 10.5. The van der Waals surface area contributed by atoms with Gasteiger partial charge in [-0.1, -0.05) is 0 Å². The minimum absolute atomic E-state index is 0.0889. The van der Waals surface area contributed by atoms with E-state index < -0.39 is 11.4 Å². The van der Waals surface area contributed by atoms with Crippen molar-refractivity contribution in [2.45, 2.75) is 31.3 Å². The molecule has 0 aliphatic carbocycles. The van der Waals surface area contributed by atoms with Crippen LogP contribution in [0.3, 0.4) is 0 Å². The molecule has 0 aromatic heterocycles. The van der Waals surface area contributed by atoms with E-state index in [9.17, 15) is 9.18 Å². The SMILES string of the molecule is CC(C)(C)OC(=O)CSc1cc(F)cc(C#N)c1. The van der Waals surface area contributed by atoms with Gasteiger partial charge in [-0.2, -0.15) is 5.26 Å². The monoisotopic (exact) mass is 267 g/mol. The van der Waals surface area contributed by atoms with Gasteiger partial charge < -0.3 is 4.74 Å². The van der Waals surface area contributed by atoms with Gasteiger partial charge in [0.2, 0.25) is 0 Å². The average molecular weight is 267 g/mol. The van der Waals surface area contributed by atoms with Gasteiger partial charge in [0.1, 0.15) is 11.4 Å². The maximum Gasteiger partial charge on any atom is 0.316 e. The molecule has 0 N–H and O–H groups in total. The van der Waals surface area contributed by atoms with Crippen LogP contribution < -0.4 is 0 Å². The first-order valence-electron chi connectivity index (χ1n) is 5.35. The smallest absolute Gasteiger partial charge is 0.316 e. The number of nitrogens with zero attached hydrogens (tertiary/aromatic N) is 1. The van der Waals surface area contributed by atoms with Crippen LogP contribution in [0.4, 0.5) is 4.39 Å². The Bertz CT molecular complexity index is 489. The van der Waals surface area contributed by atoms with Crippen molar-refractivity contribution in [3.05, 3.63) is 29.6 Å². The molecule has 1 rings (SSSR count). The van der Waals surface area contributed by atoms with Gasteiger partial charge in [0, 0.05) is 4.90 Å². The molecule has 1 aromatic carbocycles. The first-order valence-corrected chi connectivity index (χ1v) is 6.34. The number of ether oxygens (including phenoxy) is 1. The number of halogens is 1. The minimum Gasteiger partial charge on any atom is -0.459 e. The lowest BCUT2D eigenvalue weighted by atomic mass is 10.2. The molecule has 0 spiro atoms. The number of esters is 1. The van der Waals surface area contributed by atoms with Crippen molar-refractivity contribution < 1.29 is 13.9 Å². The van der Waals surface area contributed by atoms with E-state index in [0.717, 1.165) is 17.8 Å².